The number of carboxylic acids is 1. The smallest absolute Gasteiger partial charge is 0.356 e. The summed E-state index contributed by atoms with van der Waals surface area (Å²) in [6.07, 6.45) is 1.92. The van der Waals surface area contributed by atoms with Crippen molar-refractivity contribution in [3.8, 4) is 0 Å². The minimum absolute atomic E-state index is 0.0176. The summed E-state index contributed by atoms with van der Waals surface area (Å²) in [5.41, 5.74) is 1.79. The third-order valence-corrected chi connectivity index (χ3v) is 4.45. The number of rotatable bonds is 4. The van der Waals surface area contributed by atoms with Gasteiger partial charge in [-0.2, -0.15) is 5.10 Å². The monoisotopic (exact) mass is 358 g/mol. The third kappa shape index (κ3) is 3.26. The molecule has 0 atom stereocenters. The maximum Gasteiger partial charge on any atom is 0.356 e. The number of hydrogen-bond acceptors (Lipinski definition) is 4. The van der Waals surface area contributed by atoms with Crippen molar-refractivity contribution in [3.05, 3.63) is 50.7 Å². The number of aromatic amines is 1. The molecule has 2 N–H and O–H groups in total. The zero-order valence-corrected chi connectivity index (χ0v) is 15.1. The van der Waals surface area contributed by atoms with E-state index in [1.807, 2.05) is 13.8 Å². The van der Waals surface area contributed by atoms with Gasteiger partial charge >= 0.3 is 5.97 Å². The number of carboxylic acid groups (broad SMARTS) is 1. The molecule has 2 aromatic heterocycles. The fourth-order valence-corrected chi connectivity index (χ4v) is 3.24. The van der Waals surface area contributed by atoms with Crippen molar-refractivity contribution in [1.29, 1.82) is 0 Å². The molecule has 8 nitrogen and oxygen atoms in total. The highest BCUT2D eigenvalue weighted by molar-refractivity contribution is 5.94. The van der Waals surface area contributed by atoms with E-state index in [9.17, 15) is 19.5 Å². The number of fused-ring (bicyclic) bond motifs is 1. The molecule has 0 radical (unpaired) electrons. The zero-order chi connectivity index (χ0) is 19.0. The van der Waals surface area contributed by atoms with E-state index in [4.69, 9.17) is 0 Å². The average molecular weight is 358 g/mol. The highest BCUT2D eigenvalue weighted by Gasteiger charge is 2.31. The number of aromatic carboxylic acids is 1. The first-order valence-corrected chi connectivity index (χ1v) is 8.58. The first kappa shape index (κ1) is 17.9. The maximum atomic E-state index is 12.7. The lowest BCUT2D eigenvalue weighted by atomic mass is 10.0. The number of H-pyrrole nitrogens is 1. The van der Waals surface area contributed by atoms with Crippen LogP contribution in [0.1, 0.15) is 51.6 Å². The number of hydrogen-bond donors (Lipinski definition) is 2. The second-order valence-electron chi connectivity index (χ2n) is 7.03. The Morgan fingerprint density at radius 1 is 1.38 bits per heavy atom. The Kier molecular flexibility index (Phi) is 4.67. The quantitative estimate of drug-likeness (QED) is 0.859. The fraction of sp³-hybridized carbons (Fsp3) is 0.444. The van der Waals surface area contributed by atoms with Gasteiger partial charge in [-0.25, -0.2) is 4.79 Å². The molecular weight excluding hydrogens is 336 g/mol. The molecule has 0 aliphatic carbocycles. The van der Waals surface area contributed by atoms with E-state index in [1.54, 1.807) is 11.6 Å². The molecule has 1 aliphatic rings. The van der Waals surface area contributed by atoms with E-state index in [0.717, 1.165) is 5.69 Å². The van der Waals surface area contributed by atoms with Gasteiger partial charge in [0, 0.05) is 48.7 Å². The van der Waals surface area contributed by atoms with Gasteiger partial charge in [0.25, 0.3) is 5.91 Å². The van der Waals surface area contributed by atoms with Gasteiger partial charge in [-0.15, -0.1) is 0 Å². The summed E-state index contributed by atoms with van der Waals surface area (Å²) in [5.74, 6) is -1.18. The first-order chi connectivity index (χ1) is 12.3. The van der Waals surface area contributed by atoms with Gasteiger partial charge in [-0.1, -0.05) is 13.8 Å². The van der Waals surface area contributed by atoms with Crippen molar-refractivity contribution >= 4 is 11.9 Å². The molecule has 8 heteroatoms. The van der Waals surface area contributed by atoms with Crippen LogP contribution in [0.4, 0.5) is 0 Å². The Hall–Kier alpha value is -2.90. The van der Waals surface area contributed by atoms with Crippen molar-refractivity contribution < 1.29 is 14.7 Å². The van der Waals surface area contributed by atoms with E-state index in [1.165, 1.54) is 17.2 Å². The second-order valence-corrected chi connectivity index (χ2v) is 7.03. The largest absolute Gasteiger partial charge is 0.476 e. The number of nitrogens with zero attached hydrogens (tertiary/aromatic N) is 3. The molecule has 0 spiro atoms. The lowest BCUT2D eigenvalue weighted by molar-refractivity contribution is 0.0673. The summed E-state index contributed by atoms with van der Waals surface area (Å²) in [7, 11) is 0. The number of pyridine rings is 1. The summed E-state index contributed by atoms with van der Waals surface area (Å²) in [6, 6.07) is 1.38. The number of aryl methyl sites for hydroxylation is 1. The molecule has 0 saturated carbocycles. The van der Waals surface area contributed by atoms with Crippen LogP contribution in [0.3, 0.4) is 0 Å². The van der Waals surface area contributed by atoms with Crippen molar-refractivity contribution in [3.63, 3.8) is 0 Å². The standard InChI is InChI=1S/C18H22N4O4/c1-10(2)8-22-14-4-5-21(9-13(14)16(20-22)18(25)26)17(24)12-7-19-11(3)6-15(12)23/h6-7,10H,4-5,8-9H2,1-3H3,(H,19,23)(H,25,26). The highest BCUT2D eigenvalue weighted by atomic mass is 16.4. The summed E-state index contributed by atoms with van der Waals surface area (Å²) in [5, 5.41) is 13.7. The Balaban J connectivity index is 1.93. The molecule has 1 amide bonds. The minimum Gasteiger partial charge on any atom is -0.476 e. The number of carbonyl (C=O) groups is 2. The molecular formula is C18H22N4O4. The first-order valence-electron chi connectivity index (χ1n) is 8.58. The van der Waals surface area contributed by atoms with Gasteiger partial charge in [0.1, 0.15) is 5.56 Å². The molecule has 1 aliphatic heterocycles. The normalized spacial score (nSPS) is 13.8. The van der Waals surface area contributed by atoms with Crippen LogP contribution in [0, 0.1) is 12.8 Å². The molecule has 0 fully saturated rings. The van der Waals surface area contributed by atoms with Gasteiger partial charge in [-0.3, -0.25) is 14.3 Å². The summed E-state index contributed by atoms with van der Waals surface area (Å²) < 4.78 is 1.74. The molecule has 3 heterocycles. The van der Waals surface area contributed by atoms with E-state index in [2.05, 4.69) is 10.1 Å². The Labute approximate surface area is 150 Å². The van der Waals surface area contributed by atoms with Crippen LogP contribution in [-0.2, 0) is 19.5 Å². The van der Waals surface area contributed by atoms with Crippen LogP contribution >= 0.6 is 0 Å². The molecule has 0 aromatic carbocycles. The lowest BCUT2D eigenvalue weighted by Gasteiger charge is -2.27. The average Bonchev–Trinajstić information content (AvgIpc) is 2.92. The van der Waals surface area contributed by atoms with Crippen molar-refractivity contribution in [2.24, 2.45) is 5.92 Å². The highest BCUT2D eigenvalue weighted by Crippen LogP contribution is 2.24. The Morgan fingerprint density at radius 3 is 2.73 bits per heavy atom. The van der Waals surface area contributed by atoms with Gasteiger partial charge in [-0.05, 0) is 12.8 Å². The molecule has 0 unspecified atom stereocenters. The number of aromatic nitrogens is 3. The number of amides is 1. The van der Waals surface area contributed by atoms with Crippen LogP contribution < -0.4 is 5.43 Å². The van der Waals surface area contributed by atoms with Gasteiger partial charge in [0.2, 0.25) is 0 Å². The van der Waals surface area contributed by atoms with Gasteiger partial charge in [0.15, 0.2) is 11.1 Å². The van der Waals surface area contributed by atoms with E-state index >= 15 is 0 Å². The van der Waals surface area contributed by atoms with Crippen molar-refractivity contribution in [1.82, 2.24) is 19.7 Å². The number of carbonyl (C=O) groups excluding carboxylic acids is 1. The second kappa shape index (κ2) is 6.78. The molecule has 3 rings (SSSR count). The van der Waals surface area contributed by atoms with Crippen molar-refractivity contribution in [2.45, 2.75) is 40.3 Å². The third-order valence-electron chi connectivity index (χ3n) is 4.45. The Morgan fingerprint density at radius 2 is 2.12 bits per heavy atom. The minimum atomic E-state index is -1.11. The van der Waals surface area contributed by atoms with Crippen LogP contribution in [-0.4, -0.2) is 43.2 Å². The van der Waals surface area contributed by atoms with Gasteiger partial charge < -0.3 is 15.0 Å². The Bertz CT molecular complexity index is 926. The predicted octanol–water partition coefficient (Wildman–Crippen LogP) is 1.43. The van der Waals surface area contributed by atoms with Crippen LogP contribution in [0.5, 0.6) is 0 Å². The topological polar surface area (TPSA) is 108 Å². The molecule has 2 aromatic rings. The van der Waals surface area contributed by atoms with Gasteiger partial charge in [0.05, 0.1) is 6.54 Å². The van der Waals surface area contributed by atoms with E-state index < -0.39 is 11.9 Å². The zero-order valence-electron chi connectivity index (χ0n) is 15.1. The van der Waals surface area contributed by atoms with E-state index in [0.29, 0.717) is 36.7 Å². The summed E-state index contributed by atoms with van der Waals surface area (Å²) >= 11 is 0. The maximum absolute atomic E-state index is 12.7. The summed E-state index contributed by atoms with van der Waals surface area (Å²) in [4.78, 5) is 40.8. The van der Waals surface area contributed by atoms with Crippen LogP contribution in [0.25, 0.3) is 0 Å². The van der Waals surface area contributed by atoms with Crippen molar-refractivity contribution in [2.75, 3.05) is 6.54 Å². The SMILES string of the molecule is Cc1cc(=O)c(C(=O)N2CCc3c(c(C(=O)O)nn3CC(C)C)C2)c[nH]1. The lowest BCUT2D eigenvalue weighted by Crippen LogP contribution is -2.39. The van der Waals surface area contributed by atoms with Crippen LogP contribution in [0.15, 0.2) is 17.1 Å². The predicted molar refractivity (Wildman–Crippen MR) is 94.3 cm³/mol. The molecule has 0 saturated heterocycles. The molecule has 138 valence electrons. The number of nitrogens with one attached hydrogen (secondary N) is 1. The molecule has 26 heavy (non-hydrogen) atoms. The molecule has 0 bridgehead atoms. The fourth-order valence-electron chi connectivity index (χ4n) is 3.24. The van der Waals surface area contributed by atoms with E-state index in [-0.39, 0.29) is 23.2 Å². The van der Waals surface area contributed by atoms with Crippen LogP contribution in [0.2, 0.25) is 0 Å². The summed E-state index contributed by atoms with van der Waals surface area (Å²) in [6.45, 7) is 7.00.